The van der Waals surface area contributed by atoms with Crippen molar-refractivity contribution in [2.24, 2.45) is 22.1 Å². The van der Waals surface area contributed by atoms with Crippen LogP contribution in [0.5, 0.6) is 5.75 Å². The summed E-state index contributed by atoms with van der Waals surface area (Å²) in [5.41, 5.74) is 5.82. The number of fused-ring (bicyclic) bond motifs is 1. The van der Waals surface area contributed by atoms with Gasteiger partial charge in [-0.2, -0.15) is 0 Å². The zero-order valence-electron chi connectivity index (χ0n) is 14.2. The molecule has 23 heavy (non-hydrogen) atoms. The molecule has 1 saturated heterocycles. The number of ether oxygens (including phenoxy) is 2. The van der Waals surface area contributed by atoms with Crippen LogP contribution in [-0.4, -0.2) is 25.7 Å². The maximum Gasteiger partial charge on any atom is 0.129 e. The summed E-state index contributed by atoms with van der Waals surface area (Å²) in [6.45, 7) is 6.59. The lowest BCUT2D eigenvalue weighted by molar-refractivity contribution is -0.0657. The van der Waals surface area contributed by atoms with E-state index in [0.717, 1.165) is 12.8 Å². The fourth-order valence-electron chi connectivity index (χ4n) is 3.83. The highest BCUT2D eigenvalue weighted by Gasteiger charge is 2.52. The molecule has 0 radical (unpaired) electrons. The maximum absolute atomic E-state index is 14.7. The third-order valence-electron chi connectivity index (χ3n) is 5.29. The van der Waals surface area contributed by atoms with E-state index in [4.69, 9.17) is 20.2 Å². The Bertz CT molecular complexity index is 644. The van der Waals surface area contributed by atoms with Gasteiger partial charge in [0.05, 0.1) is 19.8 Å². The quantitative estimate of drug-likeness (QED) is 0.910. The van der Waals surface area contributed by atoms with Gasteiger partial charge in [0, 0.05) is 11.0 Å². The molecule has 0 aliphatic carbocycles. The van der Waals surface area contributed by atoms with E-state index in [9.17, 15) is 4.39 Å². The first-order valence-electron chi connectivity index (χ1n) is 8.10. The summed E-state index contributed by atoms with van der Waals surface area (Å²) in [6.07, 6.45) is 1.86. The van der Waals surface area contributed by atoms with Gasteiger partial charge in [0.15, 0.2) is 0 Å². The number of halogens is 1. The Kier molecular flexibility index (Phi) is 3.87. The average molecular weight is 320 g/mol. The molecule has 4 nitrogen and oxygen atoms in total. The molecule has 2 aliphatic rings. The highest BCUT2D eigenvalue weighted by molar-refractivity contribution is 5.87. The van der Waals surface area contributed by atoms with Crippen LogP contribution in [0.4, 0.5) is 4.39 Å². The Hall–Kier alpha value is -1.62. The second kappa shape index (κ2) is 5.48. The first kappa shape index (κ1) is 16.2. The first-order valence-corrected chi connectivity index (χ1v) is 8.10. The first-order chi connectivity index (χ1) is 10.8. The molecule has 1 aromatic rings. The topological polar surface area (TPSA) is 56.8 Å². The number of nitrogens with zero attached hydrogens (tertiary/aromatic N) is 1. The molecule has 2 heterocycles. The van der Waals surface area contributed by atoms with Crippen molar-refractivity contribution < 1.29 is 13.9 Å². The Labute approximate surface area is 136 Å². The standard InChI is InChI=1S/C18H25FN2O2/c1-11-7-12-9-17(2,3)16(20)21-18(12,10-23-11)14-8-13(22-4)5-6-15(14)19/h5-6,8,11-12H,7,9-10H2,1-4H3,(H2,20,21)/t11-,12-,18-/m0/s1. The molecule has 0 bridgehead atoms. The summed E-state index contributed by atoms with van der Waals surface area (Å²) in [5.74, 6) is 1.08. The van der Waals surface area contributed by atoms with Crippen LogP contribution in [-0.2, 0) is 10.3 Å². The second-order valence-electron chi connectivity index (χ2n) is 7.41. The van der Waals surface area contributed by atoms with Crippen molar-refractivity contribution in [3.8, 4) is 5.75 Å². The van der Waals surface area contributed by atoms with E-state index in [-0.39, 0.29) is 23.3 Å². The Morgan fingerprint density at radius 2 is 2.13 bits per heavy atom. The predicted octanol–water partition coefficient (Wildman–Crippen LogP) is 3.24. The maximum atomic E-state index is 14.7. The molecule has 126 valence electrons. The zero-order valence-corrected chi connectivity index (χ0v) is 14.2. The van der Waals surface area contributed by atoms with Crippen LogP contribution in [0.1, 0.15) is 39.2 Å². The summed E-state index contributed by atoms with van der Waals surface area (Å²) < 4.78 is 25.8. The number of amidine groups is 1. The van der Waals surface area contributed by atoms with Crippen molar-refractivity contribution in [1.29, 1.82) is 0 Å². The molecule has 0 aromatic heterocycles. The van der Waals surface area contributed by atoms with Crippen LogP contribution in [0.2, 0.25) is 0 Å². The molecule has 2 aliphatic heterocycles. The summed E-state index contributed by atoms with van der Waals surface area (Å²) in [4.78, 5) is 4.80. The molecule has 3 atom stereocenters. The minimum Gasteiger partial charge on any atom is -0.497 e. The van der Waals surface area contributed by atoms with Crippen molar-refractivity contribution in [2.45, 2.75) is 45.3 Å². The van der Waals surface area contributed by atoms with Crippen LogP contribution < -0.4 is 10.5 Å². The number of hydrogen-bond donors (Lipinski definition) is 1. The lowest BCUT2D eigenvalue weighted by Crippen LogP contribution is -2.54. The van der Waals surface area contributed by atoms with E-state index >= 15 is 0 Å². The average Bonchev–Trinajstić information content (AvgIpc) is 2.49. The van der Waals surface area contributed by atoms with Crippen molar-refractivity contribution in [3.05, 3.63) is 29.6 Å². The SMILES string of the molecule is COc1ccc(F)c([C@]23CO[C@@H](C)C[C@H]2CC(C)(C)C(N)=N3)c1. The fraction of sp³-hybridized carbons (Fsp3) is 0.611. The minimum absolute atomic E-state index is 0.145. The van der Waals surface area contributed by atoms with E-state index in [1.54, 1.807) is 19.2 Å². The lowest BCUT2D eigenvalue weighted by atomic mass is 9.65. The molecular formula is C18H25FN2O2. The van der Waals surface area contributed by atoms with E-state index < -0.39 is 5.54 Å². The van der Waals surface area contributed by atoms with Crippen LogP contribution in [0, 0.1) is 17.2 Å². The monoisotopic (exact) mass is 320 g/mol. The highest BCUT2D eigenvalue weighted by Crippen LogP contribution is 2.51. The molecule has 0 amide bonds. The van der Waals surface area contributed by atoms with Crippen molar-refractivity contribution in [3.63, 3.8) is 0 Å². The molecule has 0 saturated carbocycles. The van der Waals surface area contributed by atoms with Crippen LogP contribution >= 0.6 is 0 Å². The predicted molar refractivity (Wildman–Crippen MR) is 88.2 cm³/mol. The Morgan fingerprint density at radius 3 is 2.83 bits per heavy atom. The highest BCUT2D eigenvalue weighted by atomic mass is 19.1. The Morgan fingerprint density at radius 1 is 1.39 bits per heavy atom. The normalized spacial score (nSPS) is 32.8. The van der Waals surface area contributed by atoms with Gasteiger partial charge in [0.1, 0.15) is 22.9 Å². The van der Waals surface area contributed by atoms with Gasteiger partial charge in [-0.1, -0.05) is 13.8 Å². The number of nitrogens with two attached hydrogens (primary N) is 1. The smallest absolute Gasteiger partial charge is 0.129 e. The van der Waals surface area contributed by atoms with E-state index in [2.05, 4.69) is 20.8 Å². The molecule has 1 aromatic carbocycles. The van der Waals surface area contributed by atoms with E-state index in [1.807, 2.05) is 0 Å². The summed E-state index contributed by atoms with van der Waals surface area (Å²) >= 11 is 0. The largest absolute Gasteiger partial charge is 0.497 e. The van der Waals surface area contributed by atoms with Gasteiger partial charge in [-0.05, 0) is 43.9 Å². The van der Waals surface area contributed by atoms with Gasteiger partial charge in [-0.3, -0.25) is 4.99 Å². The molecule has 1 fully saturated rings. The van der Waals surface area contributed by atoms with Crippen LogP contribution in [0.15, 0.2) is 23.2 Å². The summed E-state index contributed by atoms with van der Waals surface area (Å²) in [7, 11) is 1.58. The molecule has 0 unspecified atom stereocenters. The third kappa shape index (κ3) is 2.61. The third-order valence-corrected chi connectivity index (χ3v) is 5.29. The van der Waals surface area contributed by atoms with Crippen molar-refractivity contribution in [2.75, 3.05) is 13.7 Å². The number of methoxy groups -OCH3 is 1. The minimum atomic E-state index is -0.759. The fourth-order valence-corrected chi connectivity index (χ4v) is 3.83. The van der Waals surface area contributed by atoms with Crippen molar-refractivity contribution in [1.82, 2.24) is 0 Å². The molecule has 3 rings (SSSR count). The Balaban J connectivity index is 2.17. The number of hydrogen-bond acceptors (Lipinski definition) is 4. The summed E-state index contributed by atoms with van der Waals surface area (Å²) in [6, 6.07) is 4.79. The molecular weight excluding hydrogens is 295 g/mol. The van der Waals surface area contributed by atoms with Crippen LogP contribution in [0.3, 0.4) is 0 Å². The van der Waals surface area contributed by atoms with Gasteiger partial charge >= 0.3 is 0 Å². The van der Waals surface area contributed by atoms with E-state index in [0.29, 0.717) is 23.8 Å². The van der Waals surface area contributed by atoms with E-state index in [1.165, 1.54) is 6.07 Å². The number of rotatable bonds is 2. The zero-order chi connectivity index (χ0) is 16.8. The van der Waals surface area contributed by atoms with Gasteiger partial charge < -0.3 is 15.2 Å². The van der Waals surface area contributed by atoms with Crippen molar-refractivity contribution >= 4 is 5.84 Å². The molecule has 2 N–H and O–H groups in total. The van der Waals surface area contributed by atoms with Gasteiger partial charge in [-0.15, -0.1) is 0 Å². The molecule has 0 spiro atoms. The molecule has 5 heteroatoms. The number of benzene rings is 1. The lowest BCUT2D eigenvalue weighted by Gasteiger charge is -2.50. The van der Waals surface area contributed by atoms with Gasteiger partial charge in [-0.25, -0.2) is 4.39 Å². The van der Waals surface area contributed by atoms with Gasteiger partial charge in [0.2, 0.25) is 0 Å². The second-order valence-corrected chi connectivity index (χ2v) is 7.41. The van der Waals surface area contributed by atoms with Gasteiger partial charge in [0.25, 0.3) is 0 Å². The summed E-state index contributed by atoms with van der Waals surface area (Å²) in [5, 5.41) is 0. The number of aliphatic imine (C=N–C) groups is 1. The van der Waals surface area contributed by atoms with Crippen LogP contribution in [0.25, 0.3) is 0 Å².